The van der Waals surface area contributed by atoms with E-state index in [1.807, 2.05) is 24.3 Å². The highest BCUT2D eigenvalue weighted by atomic mass is 79.9. The average Bonchev–Trinajstić information content (AvgIpc) is 3.32. The number of hydrogen-bond acceptors (Lipinski definition) is 7. The summed E-state index contributed by atoms with van der Waals surface area (Å²) in [5.41, 5.74) is 1.13. The van der Waals surface area contributed by atoms with Gasteiger partial charge in [0.25, 0.3) is 5.22 Å². The molecule has 3 aromatic rings. The molecule has 0 bridgehead atoms. The fourth-order valence-electron chi connectivity index (χ4n) is 3.12. The van der Waals surface area contributed by atoms with Crippen LogP contribution in [0.1, 0.15) is 61.2 Å². The minimum atomic E-state index is 0.424. The van der Waals surface area contributed by atoms with Gasteiger partial charge in [0.05, 0.1) is 12.2 Å². The lowest BCUT2D eigenvalue weighted by Gasteiger charge is -2.17. The summed E-state index contributed by atoms with van der Waals surface area (Å²) in [6, 6.07) is 8.08. The lowest BCUT2D eigenvalue weighted by atomic mass is 9.89. The molecule has 0 spiro atoms. The summed E-state index contributed by atoms with van der Waals surface area (Å²) in [6.07, 6.45) is 6.73. The van der Waals surface area contributed by atoms with E-state index in [1.54, 1.807) is 0 Å². The van der Waals surface area contributed by atoms with Gasteiger partial charge in [-0.15, -0.1) is 10.2 Å². The van der Waals surface area contributed by atoms with Crippen molar-refractivity contribution in [2.24, 2.45) is 0 Å². The largest absolute Gasteiger partial charge is 0.416 e. The van der Waals surface area contributed by atoms with E-state index in [2.05, 4.69) is 36.3 Å². The highest BCUT2D eigenvalue weighted by Gasteiger charge is 2.21. The van der Waals surface area contributed by atoms with Gasteiger partial charge in [0, 0.05) is 10.4 Å². The monoisotopic (exact) mass is 434 g/mol. The maximum atomic E-state index is 5.81. The van der Waals surface area contributed by atoms with E-state index in [0.717, 1.165) is 28.8 Å². The molecule has 0 N–H and O–H groups in total. The molecule has 1 fully saturated rings. The van der Waals surface area contributed by atoms with Crippen molar-refractivity contribution in [1.29, 1.82) is 0 Å². The molecule has 2 aromatic heterocycles. The Balaban J connectivity index is 1.31. The van der Waals surface area contributed by atoms with Gasteiger partial charge in [-0.2, -0.15) is 4.98 Å². The zero-order valence-corrected chi connectivity index (χ0v) is 16.6. The van der Waals surface area contributed by atoms with Gasteiger partial charge in [0.1, 0.15) is 0 Å². The fourth-order valence-corrected chi connectivity index (χ4v) is 3.99. The first kappa shape index (κ1) is 17.7. The Hall–Kier alpha value is -1.67. The second kappa shape index (κ2) is 8.35. The first-order valence-corrected chi connectivity index (χ1v) is 10.6. The third kappa shape index (κ3) is 4.54. The highest BCUT2D eigenvalue weighted by Crippen LogP contribution is 2.33. The molecule has 1 aliphatic rings. The Bertz CT molecular complexity index is 843. The Kier molecular flexibility index (Phi) is 5.69. The van der Waals surface area contributed by atoms with Gasteiger partial charge < -0.3 is 8.94 Å². The molecule has 26 heavy (non-hydrogen) atoms. The topological polar surface area (TPSA) is 77.8 Å². The van der Waals surface area contributed by atoms with E-state index in [1.165, 1.54) is 31.0 Å². The minimum Gasteiger partial charge on any atom is -0.416 e. The number of thioether (sulfide) groups is 1. The molecule has 136 valence electrons. The molecule has 0 amide bonds. The molecule has 0 atom stereocenters. The number of rotatable bonds is 6. The van der Waals surface area contributed by atoms with E-state index in [4.69, 9.17) is 8.94 Å². The molecule has 2 heterocycles. The molecule has 0 radical (unpaired) electrons. The van der Waals surface area contributed by atoms with Crippen molar-refractivity contribution >= 4 is 27.7 Å². The molecule has 4 rings (SSSR count). The van der Waals surface area contributed by atoms with Crippen LogP contribution in [0.15, 0.2) is 42.9 Å². The summed E-state index contributed by atoms with van der Waals surface area (Å²) < 4.78 is 12.2. The molecule has 1 aromatic carbocycles. The van der Waals surface area contributed by atoms with Crippen LogP contribution in [0.5, 0.6) is 0 Å². The molecular formula is C18H19BrN4O2S. The van der Waals surface area contributed by atoms with E-state index < -0.39 is 0 Å². The number of benzene rings is 1. The third-order valence-corrected chi connectivity index (χ3v) is 5.82. The molecular weight excluding hydrogens is 416 g/mol. The van der Waals surface area contributed by atoms with Gasteiger partial charge in [-0.25, -0.2) is 0 Å². The Labute approximate surface area is 164 Å². The van der Waals surface area contributed by atoms with Crippen LogP contribution in [0.3, 0.4) is 0 Å². The number of aromatic nitrogens is 4. The van der Waals surface area contributed by atoms with Crippen LogP contribution >= 0.6 is 27.7 Å². The van der Waals surface area contributed by atoms with Crippen LogP contribution in [-0.2, 0) is 12.2 Å². The van der Waals surface area contributed by atoms with Gasteiger partial charge in [-0.1, -0.05) is 64.2 Å². The van der Waals surface area contributed by atoms with Crippen molar-refractivity contribution in [2.75, 3.05) is 0 Å². The Morgan fingerprint density at radius 3 is 2.69 bits per heavy atom. The second-order valence-corrected chi connectivity index (χ2v) is 8.28. The van der Waals surface area contributed by atoms with Crippen LogP contribution in [0, 0.1) is 0 Å². The van der Waals surface area contributed by atoms with Crippen molar-refractivity contribution in [3.63, 3.8) is 0 Å². The summed E-state index contributed by atoms with van der Waals surface area (Å²) in [5, 5.41) is 13.0. The second-order valence-electron chi connectivity index (χ2n) is 6.44. The lowest BCUT2D eigenvalue weighted by molar-refractivity contribution is 0.334. The van der Waals surface area contributed by atoms with Crippen molar-refractivity contribution in [3.05, 3.63) is 51.9 Å². The maximum Gasteiger partial charge on any atom is 0.277 e. The van der Waals surface area contributed by atoms with E-state index >= 15 is 0 Å². The van der Waals surface area contributed by atoms with Crippen LogP contribution in [0.25, 0.3) is 0 Å². The first-order valence-electron chi connectivity index (χ1n) is 8.78. The van der Waals surface area contributed by atoms with Crippen molar-refractivity contribution < 1.29 is 8.94 Å². The Morgan fingerprint density at radius 1 is 1.08 bits per heavy atom. The molecule has 0 aliphatic heterocycles. The molecule has 6 nitrogen and oxygen atoms in total. The summed E-state index contributed by atoms with van der Waals surface area (Å²) in [5.74, 6) is 3.00. The summed E-state index contributed by atoms with van der Waals surface area (Å²) in [4.78, 5) is 4.44. The van der Waals surface area contributed by atoms with Crippen LogP contribution in [0.4, 0.5) is 0 Å². The number of halogens is 1. The predicted octanol–water partition coefficient (Wildman–Crippen LogP) is 5.15. The van der Waals surface area contributed by atoms with Crippen LogP contribution < -0.4 is 0 Å². The van der Waals surface area contributed by atoms with Crippen molar-refractivity contribution in [1.82, 2.24) is 20.3 Å². The number of nitrogens with zero attached hydrogens (tertiary/aromatic N) is 4. The normalized spacial score (nSPS) is 15.4. The quantitative estimate of drug-likeness (QED) is 0.496. The standard InChI is InChI=1S/C18H19BrN4O2S/c19-14-8-6-12(7-9-14)10-16-20-15(23-25-16)11-26-18-22-21-17(24-18)13-4-2-1-3-5-13/h6-9,13H,1-5,10-11H2. The van der Waals surface area contributed by atoms with Crippen LogP contribution in [0.2, 0.25) is 0 Å². The van der Waals surface area contributed by atoms with E-state index in [0.29, 0.717) is 35.0 Å². The van der Waals surface area contributed by atoms with E-state index in [9.17, 15) is 0 Å². The smallest absolute Gasteiger partial charge is 0.277 e. The molecule has 0 saturated heterocycles. The van der Waals surface area contributed by atoms with Gasteiger partial charge in [-0.3, -0.25) is 0 Å². The van der Waals surface area contributed by atoms with Crippen LogP contribution in [-0.4, -0.2) is 20.3 Å². The minimum absolute atomic E-state index is 0.424. The van der Waals surface area contributed by atoms with Crippen molar-refractivity contribution in [3.8, 4) is 0 Å². The molecule has 0 unspecified atom stereocenters. The first-order chi connectivity index (χ1) is 12.8. The van der Waals surface area contributed by atoms with Gasteiger partial charge in [0.2, 0.25) is 11.8 Å². The zero-order valence-electron chi connectivity index (χ0n) is 14.2. The van der Waals surface area contributed by atoms with Gasteiger partial charge >= 0.3 is 0 Å². The summed E-state index contributed by atoms with van der Waals surface area (Å²) in [6.45, 7) is 0. The third-order valence-electron chi connectivity index (χ3n) is 4.48. The predicted molar refractivity (Wildman–Crippen MR) is 101 cm³/mol. The van der Waals surface area contributed by atoms with Gasteiger partial charge in [-0.05, 0) is 30.5 Å². The molecule has 1 aliphatic carbocycles. The average molecular weight is 435 g/mol. The number of hydrogen-bond donors (Lipinski definition) is 0. The zero-order chi connectivity index (χ0) is 17.8. The Morgan fingerprint density at radius 2 is 1.88 bits per heavy atom. The van der Waals surface area contributed by atoms with Gasteiger partial charge in [0.15, 0.2) is 5.82 Å². The fraction of sp³-hybridized carbons (Fsp3) is 0.444. The molecule has 8 heteroatoms. The molecule has 1 saturated carbocycles. The summed E-state index contributed by atoms with van der Waals surface area (Å²) in [7, 11) is 0. The lowest BCUT2D eigenvalue weighted by Crippen LogP contribution is -2.04. The summed E-state index contributed by atoms with van der Waals surface area (Å²) >= 11 is 4.88. The van der Waals surface area contributed by atoms with E-state index in [-0.39, 0.29) is 0 Å². The SMILES string of the molecule is Brc1ccc(Cc2nc(CSc3nnc(C4CCCCC4)o3)no2)cc1. The highest BCUT2D eigenvalue weighted by molar-refractivity contribution is 9.10. The van der Waals surface area contributed by atoms with Crippen molar-refractivity contribution in [2.45, 2.75) is 55.4 Å². The maximum absolute atomic E-state index is 5.81.